The molecule has 0 spiro atoms. The van der Waals surface area contributed by atoms with E-state index >= 15 is 0 Å². The molecule has 0 aliphatic rings. The summed E-state index contributed by atoms with van der Waals surface area (Å²) >= 11 is 0. The Kier molecular flexibility index (Phi) is 5.36. The lowest BCUT2D eigenvalue weighted by Crippen LogP contribution is -2.36. The van der Waals surface area contributed by atoms with Crippen molar-refractivity contribution in [2.45, 2.75) is 13.8 Å². The van der Waals surface area contributed by atoms with Crippen molar-refractivity contribution in [1.29, 1.82) is 0 Å². The second-order valence-corrected chi connectivity index (χ2v) is 5.19. The van der Waals surface area contributed by atoms with Crippen LogP contribution in [0.1, 0.15) is 12.5 Å². The van der Waals surface area contributed by atoms with Crippen LogP contribution >= 0.6 is 0 Å². The van der Waals surface area contributed by atoms with Crippen LogP contribution in [-0.2, 0) is 9.59 Å². The zero-order valence-electron chi connectivity index (χ0n) is 13.5. The van der Waals surface area contributed by atoms with Crippen molar-refractivity contribution in [2.75, 3.05) is 23.9 Å². The van der Waals surface area contributed by atoms with Crippen LogP contribution in [0, 0.1) is 6.92 Å². The zero-order valence-corrected chi connectivity index (χ0v) is 13.5. The Labute approximate surface area is 135 Å². The lowest BCUT2D eigenvalue weighted by molar-refractivity contribution is -0.120. The maximum atomic E-state index is 12.3. The van der Waals surface area contributed by atoms with Crippen molar-refractivity contribution in [3.8, 4) is 5.75 Å². The van der Waals surface area contributed by atoms with Crippen molar-refractivity contribution in [2.24, 2.45) is 0 Å². The maximum Gasteiger partial charge on any atom is 0.244 e. The molecule has 5 nitrogen and oxygen atoms in total. The quantitative estimate of drug-likeness (QED) is 0.923. The molecule has 1 N–H and O–H groups in total. The molecule has 0 aliphatic carbocycles. The van der Waals surface area contributed by atoms with E-state index in [1.165, 1.54) is 11.8 Å². The van der Waals surface area contributed by atoms with Crippen LogP contribution < -0.4 is 15.0 Å². The van der Waals surface area contributed by atoms with E-state index in [0.717, 1.165) is 5.56 Å². The number of hydrogen-bond acceptors (Lipinski definition) is 3. The fourth-order valence-corrected chi connectivity index (χ4v) is 2.19. The minimum absolute atomic E-state index is 0.0591. The molecular weight excluding hydrogens is 292 g/mol. The molecule has 5 heteroatoms. The molecule has 2 aromatic carbocycles. The van der Waals surface area contributed by atoms with Crippen LogP contribution in [0.15, 0.2) is 48.5 Å². The third-order valence-electron chi connectivity index (χ3n) is 3.41. The van der Waals surface area contributed by atoms with E-state index in [0.29, 0.717) is 17.1 Å². The van der Waals surface area contributed by atoms with Crippen molar-refractivity contribution >= 4 is 23.2 Å². The Morgan fingerprint density at radius 1 is 1.09 bits per heavy atom. The molecule has 0 fully saturated rings. The number of benzene rings is 2. The second-order valence-electron chi connectivity index (χ2n) is 5.19. The second kappa shape index (κ2) is 7.45. The number of amides is 2. The summed E-state index contributed by atoms with van der Waals surface area (Å²) in [5.41, 5.74) is 2.36. The van der Waals surface area contributed by atoms with Gasteiger partial charge in [-0.15, -0.1) is 0 Å². The van der Waals surface area contributed by atoms with Gasteiger partial charge in [-0.2, -0.15) is 0 Å². The van der Waals surface area contributed by atoms with Crippen LogP contribution in [0.25, 0.3) is 0 Å². The molecule has 0 radical (unpaired) electrons. The first kappa shape index (κ1) is 16.5. The molecule has 0 aromatic heterocycles. The Morgan fingerprint density at radius 3 is 2.35 bits per heavy atom. The molecule has 0 saturated carbocycles. The lowest BCUT2D eigenvalue weighted by Gasteiger charge is -2.21. The minimum Gasteiger partial charge on any atom is -0.495 e. The Hall–Kier alpha value is -2.82. The van der Waals surface area contributed by atoms with Gasteiger partial charge in [0.05, 0.1) is 12.8 Å². The highest BCUT2D eigenvalue weighted by Gasteiger charge is 2.16. The smallest absolute Gasteiger partial charge is 0.244 e. The number of aryl methyl sites for hydroxylation is 1. The topological polar surface area (TPSA) is 58.6 Å². The largest absolute Gasteiger partial charge is 0.495 e. The molecule has 23 heavy (non-hydrogen) atoms. The lowest BCUT2D eigenvalue weighted by atomic mass is 10.2. The zero-order chi connectivity index (χ0) is 16.8. The van der Waals surface area contributed by atoms with E-state index in [4.69, 9.17) is 4.74 Å². The summed E-state index contributed by atoms with van der Waals surface area (Å²) < 4.78 is 5.20. The first-order valence-electron chi connectivity index (χ1n) is 7.29. The number of nitrogens with zero attached hydrogens (tertiary/aromatic N) is 1. The number of ether oxygens (including phenoxy) is 1. The first-order valence-corrected chi connectivity index (χ1v) is 7.29. The minimum atomic E-state index is -0.287. The Morgan fingerprint density at radius 2 is 1.74 bits per heavy atom. The highest BCUT2D eigenvalue weighted by atomic mass is 16.5. The standard InChI is InChI=1S/C18H20N2O3/c1-13-8-10-15(11-9-13)20(14(2)21)12-18(22)19-16-6-4-5-7-17(16)23-3/h4-11H,12H2,1-3H3,(H,19,22). The predicted molar refractivity (Wildman–Crippen MR) is 90.8 cm³/mol. The molecule has 0 aliphatic heterocycles. The van der Waals surface area contributed by atoms with E-state index in [-0.39, 0.29) is 18.4 Å². The number of methoxy groups -OCH3 is 1. The molecule has 0 heterocycles. The molecule has 0 unspecified atom stereocenters. The third-order valence-corrected chi connectivity index (χ3v) is 3.41. The Balaban J connectivity index is 2.12. The summed E-state index contributed by atoms with van der Waals surface area (Å²) in [7, 11) is 1.54. The van der Waals surface area contributed by atoms with Gasteiger partial charge < -0.3 is 15.0 Å². The number of hydrogen-bond donors (Lipinski definition) is 1. The van der Waals surface area contributed by atoms with E-state index < -0.39 is 0 Å². The van der Waals surface area contributed by atoms with Gasteiger partial charge in [0.25, 0.3) is 0 Å². The van der Waals surface area contributed by atoms with Gasteiger partial charge in [0.2, 0.25) is 11.8 Å². The first-order chi connectivity index (χ1) is 11.0. The van der Waals surface area contributed by atoms with Crippen LogP contribution in [0.3, 0.4) is 0 Å². The average Bonchev–Trinajstić information content (AvgIpc) is 2.54. The van der Waals surface area contributed by atoms with Crippen molar-refractivity contribution in [3.63, 3.8) is 0 Å². The van der Waals surface area contributed by atoms with Crippen molar-refractivity contribution < 1.29 is 14.3 Å². The number of rotatable bonds is 5. The monoisotopic (exact) mass is 312 g/mol. The molecule has 2 amide bonds. The average molecular weight is 312 g/mol. The van der Waals surface area contributed by atoms with Gasteiger partial charge in [-0.1, -0.05) is 29.8 Å². The van der Waals surface area contributed by atoms with Crippen LogP contribution in [0.5, 0.6) is 5.75 Å². The number of anilines is 2. The summed E-state index contributed by atoms with van der Waals surface area (Å²) in [4.78, 5) is 25.6. The van der Waals surface area contributed by atoms with E-state index in [9.17, 15) is 9.59 Å². The van der Waals surface area contributed by atoms with Gasteiger partial charge in [0.1, 0.15) is 12.3 Å². The van der Waals surface area contributed by atoms with Crippen molar-refractivity contribution in [1.82, 2.24) is 0 Å². The highest BCUT2D eigenvalue weighted by Crippen LogP contribution is 2.23. The van der Waals surface area contributed by atoms with Crippen LogP contribution in [0.2, 0.25) is 0 Å². The molecule has 0 bridgehead atoms. The molecule has 2 rings (SSSR count). The normalized spacial score (nSPS) is 10.0. The molecule has 2 aromatic rings. The van der Waals surface area contributed by atoms with Gasteiger partial charge in [-0.25, -0.2) is 0 Å². The Bertz CT molecular complexity index is 696. The fraction of sp³-hybridized carbons (Fsp3) is 0.222. The van der Waals surface area contributed by atoms with Crippen LogP contribution in [0.4, 0.5) is 11.4 Å². The molecular formula is C18H20N2O3. The third kappa shape index (κ3) is 4.32. The summed E-state index contributed by atoms with van der Waals surface area (Å²) in [6.45, 7) is 3.35. The van der Waals surface area contributed by atoms with Gasteiger partial charge in [-0.3, -0.25) is 9.59 Å². The van der Waals surface area contributed by atoms with Gasteiger partial charge in [-0.05, 0) is 31.2 Å². The van der Waals surface area contributed by atoms with Gasteiger partial charge in [0.15, 0.2) is 0 Å². The fourth-order valence-electron chi connectivity index (χ4n) is 2.19. The number of carbonyl (C=O) groups is 2. The van der Waals surface area contributed by atoms with Crippen LogP contribution in [-0.4, -0.2) is 25.5 Å². The van der Waals surface area contributed by atoms with Gasteiger partial charge >= 0.3 is 0 Å². The summed E-state index contributed by atoms with van der Waals surface area (Å²) in [6, 6.07) is 14.6. The highest BCUT2D eigenvalue weighted by molar-refractivity contribution is 6.02. The maximum absolute atomic E-state index is 12.3. The predicted octanol–water partition coefficient (Wildman–Crippen LogP) is 3.00. The summed E-state index contributed by atoms with van der Waals surface area (Å²) in [6.07, 6.45) is 0. The van der Waals surface area contributed by atoms with E-state index in [1.54, 1.807) is 25.3 Å². The molecule has 0 saturated heterocycles. The van der Waals surface area contributed by atoms with Crippen molar-refractivity contribution in [3.05, 3.63) is 54.1 Å². The van der Waals surface area contributed by atoms with E-state index in [2.05, 4.69) is 5.32 Å². The number of carbonyl (C=O) groups excluding carboxylic acids is 2. The SMILES string of the molecule is COc1ccccc1NC(=O)CN(C(C)=O)c1ccc(C)cc1. The summed E-state index contributed by atoms with van der Waals surface area (Å²) in [5, 5.41) is 2.77. The van der Waals surface area contributed by atoms with Gasteiger partial charge in [0, 0.05) is 12.6 Å². The molecule has 0 atom stereocenters. The number of nitrogens with one attached hydrogen (secondary N) is 1. The van der Waals surface area contributed by atoms with E-state index in [1.807, 2.05) is 37.3 Å². The summed E-state index contributed by atoms with van der Waals surface area (Å²) in [5.74, 6) is 0.0971. The number of para-hydroxylation sites is 2. The molecule has 120 valence electrons.